The van der Waals surface area contributed by atoms with Gasteiger partial charge in [0.25, 0.3) is 0 Å². The van der Waals surface area contributed by atoms with Crippen LogP contribution >= 0.6 is 0 Å². The van der Waals surface area contributed by atoms with Gasteiger partial charge in [-0.3, -0.25) is 9.69 Å². The molecule has 0 bridgehead atoms. The number of amides is 1. The summed E-state index contributed by atoms with van der Waals surface area (Å²) in [6.45, 7) is 14.2. The predicted molar refractivity (Wildman–Crippen MR) is 80.3 cm³/mol. The number of carbonyl (C=O) groups is 1. The Hall–Kier alpha value is -0.610. The molecule has 2 atom stereocenters. The average Bonchev–Trinajstić information content (AvgIpc) is 2.89. The minimum absolute atomic E-state index is 0.0256. The van der Waals surface area contributed by atoms with Crippen molar-refractivity contribution in [1.82, 2.24) is 15.1 Å². The van der Waals surface area contributed by atoms with Gasteiger partial charge in [-0.15, -0.1) is 0 Å². The number of rotatable bonds is 7. The van der Waals surface area contributed by atoms with Crippen molar-refractivity contribution in [3.05, 3.63) is 0 Å². The molecule has 112 valence electrons. The molecule has 1 rings (SSSR count). The van der Waals surface area contributed by atoms with Crippen LogP contribution in [-0.4, -0.2) is 60.0 Å². The lowest BCUT2D eigenvalue weighted by Gasteiger charge is -2.36. The lowest BCUT2D eigenvalue weighted by atomic mass is 10.1. The number of likely N-dealkylation sites (N-methyl/N-ethyl adjacent to an activating group) is 1. The van der Waals surface area contributed by atoms with Crippen molar-refractivity contribution < 1.29 is 4.79 Å². The van der Waals surface area contributed by atoms with Crippen LogP contribution in [-0.2, 0) is 4.79 Å². The van der Waals surface area contributed by atoms with Gasteiger partial charge in [0, 0.05) is 31.7 Å². The molecule has 0 aromatic carbocycles. The Kier molecular flexibility index (Phi) is 6.80. The Balaban J connectivity index is 2.65. The Bertz CT molecular complexity index is 271. The van der Waals surface area contributed by atoms with Gasteiger partial charge in [-0.25, -0.2) is 0 Å². The molecule has 0 aromatic heterocycles. The minimum atomic E-state index is -0.0256. The van der Waals surface area contributed by atoms with E-state index in [1.54, 1.807) is 0 Å². The molecular formula is C15H31N3O. The normalized spacial score (nSPS) is 21.1. The number of nitrogens with one attached hydrogen (secondary N) is 1. The van der Waals surface area contributed by atoms with Crippen LogP contribution in [0.2, 0.25) is 0 Å². The van der Waals surface area contributed by atoms with Gasteiger partial charge in [0.1, 0.15) is 0 Å². The number of hydrogen-bond acceptors (Lipinski definition) is 3. The second-order valence-corrected chi connectivity index (χ2v) is 5.77. The van der Waals surface area contributed by atoms with Crippen LogP contribution in [0.15, 0.2) is 0 Å². The Morgan fingerprint density at radius 1 is 1.26 bits per heavy atom. The summed E-state index contributed by atoms with van der Waals surface area (Å²) in [5.74, 6) is 0.261. The van der Waals surface area contributed by atoms with Gasteiger partial charge in [0.2, 0.25) is 5.91 Å². The lowest BCUT2D eigenvalue weighted by molar-refractivity contribution is -0.136. The van der Waals surface area contributed by atoms with Crippen LogP contribution in [0.5, 0.6) is 0 Å². The third-order valence-corrected chi connectivity index (χ3v) is 4.19. The average molecular weight is 269 g/mol. The molecule has 1 heterocycles. The van der Waals surface area contributed by atoms with Crippen molar-refractivity contribution in [3.63, 3.8) is 0 Å². The second-order valence-electron chi connectivity index (χ2n) is 5.77. The molecule has 1 amide bonds. The minimum Gasteiger partial charge on any atom is -0.342 e. The van der Waals surface area contributed by atoms with E-state index < -0.39 is 0 Å². The van der Waals surface area contributed by atoms with E-state index in [-0.39, 0.29) is 11.9 Å². The zero-order valence-corrected chi connectivity index (χ0v) is 13.3. The van der Waals surface area contributed by atoms with E-state index in [2.05, 4.69) is 31.0 Å². The fourth-order valence-corrected chi connectivity index (χ4v) is 2.92. The standard InChI is InChI=1S/C15H31N3O/c1-6-17(7-2)15(19)13(5)18(12(3)4)11-14-9-8-10-16-14/h12-14,16H,6-11H2,1-5H3. The maximum Gasteiger partial charge on any atom is 0.239 e. The van der Waals surface area contributed by atoms with Gasteiger partial charge >= 0.3 is 0 Å². The van der Waals surface area contributed by atoms with E-state index in [0.29, 0.717) is 12.1 Å². The fourth-order valence-electron chi connectivity index (χ4n) is 2.92. The highest BCUT2D eigenvalue weighted by Gasteiger charge is 2.29. The quantitative estimate of drug-likeness (QED) is 0.764. The first-order valence-corrected chi connectivity index (χ1v) is 7.79. The smallest absolute Gasteiger partial charge is 0.239 e. The third-order valence-electron chi connectivity index (χ3n) is 4.19. The van der Waals surface area contributed by atoms with E-state index in [1.165, 1.54) is 12.8 Å². The van der Waals surface area contributed by atoms with Gasteiger partial charge in [-0.2, -0.15) is 0 Å². The fraction of sp³-hybridized carbons (Fsp3) is 0.933. The second kappa shape index (κ2) is 7.85. The molecule has 0 saturated carbocycles. The summed E-state index contributed by atoms with van der Waals surface area (Å²) in [6.07, 6.45) is 2.49. The van der Waals surface area contributed by atoms with Crippen molar-refractivity contribution in [2.45, 2.75) is 65.6 Å². The summed E-state index contributed by atoms with van der Waals surface area (Å²) in [4.78, 5) is 16.8. The summed E-state index contributed by atoms with van der Waals surface area (Å²) >= 11 is 0. The van der Waals surface area contributed by atoms with Crippen LogP contribution in [0.25, 0.3) is 0 Å². The molecule has 1 aliphatic heterocycles. The number of hydrogen-bond donors (Lipinski definition) is 1. The van der Waals surface area contributed by atoms with Crippen LogP contribution in [0.3, 0.4) is 0 Å². The van der Waals surface area contributed by atoms with E-state index in [9.17, 15) is 4.79 Å². The molecule has 4 nitrogen and oxygen atoms in total. The zero-order chi connectivity index (χ0) is 14.4. The third kappa shape index (κ3) is 4.46. The molecular weight excluding hydrogens is 238 g/mol. The van der Waals surface area contributed by atoms with Crippen molar-refractivity contribution in [2.24, 2.45) is 0 Å². The van der Waals surface area contributed by atoms with Crippen molar-refractivity contribution in [2.75, 3.05) is 26.2 Å². The van der Waals surface area contributed by atoms with Gasteiger partial charge in [0.15, 0.2) is 0 Å². The van der Waals surface area contributed by atoms with E-state index in [0.717, 1.165) is 26.2 Å². The molecule has 1 aliphatic rings. The van der Waals surface area contributed by atoms with E-state index >= 15 is 0 Å². The van der Waals surface area contributed by atoms with Crippen molar-refractivity contribution >= 4 is 5.91 Å². The molecule has 19 heavy (non-hydrogen) atoms. The maximum atomic E-state index is 12.5. The summed E-state index contributed by atoms with van der Waals surface area (Å²) < 4.78 is 0. The monoisotopic (exact) mass is 269 g/mol. The Morgan fingerprint density at radius 2 is 1.89 bits per heavy atom. The Labute approximate surface area is 118 Å². The first-order chi connectivity index (χ1) is 9.01. The van der Waals surface area contributed by atoms with Gasteiger partial charge < -0.3 is 10.2 Å². The predicted octanol–water partition coefficient (Wildman–Crippen LogP) is 1.71. The van der Waals surface area contributed by atoms with E-state index in [4.69, 9.17) is 0 Å². The van der Waals surface area contributed by atoms with Crippen molar-refractivity contribution in [1.29, 1.82) is 0 Å². The van der Waals surface area contributed by atoms with Crippen LogP contribution in [0.4, 0.5) is 0 Å². The molecule has 0 radical (unpaired) electrons. The first kappa shape index (κ1) is 16.4. The largest absolute Gasteiger partial charge is 0.342 e. The molecule has 0 spiro atoms. The maximum absolute atomic E-state index is 12.5. The highest BCUT2D eigenvalue weighted by atomic mass is 16.2. The molecule has 0 aliphatic carbocycles. The van der Waals surface area contributed by atoms with E-state index in [1.807, 2.05) is 18.7 Å². The van der Waals surface area contributed by atoms with Crippen molar-refractivity contribution in [3.8, 4) is 0 Å². The topological polar surface area (TPSA) is 35.6 Å². The first-order valence-electron chi connectivity index (χ1n) is 7.79. The molecule has 0 aromatic rings. The molecule has 1 N–H and O–H groups in total. The molecule has 4 heteroatoms. The molecule has 1 saturated heterocycles. The summed E-state index contributed by atoms with van der Waals surface area (Å²) in [5, 5.41) is 3.53. The zero-order valence-electron chi connectivity index (χ0n) is 13.3. The lowest BCUT2D eigenvalue weighted by Crippen LogP contribution is -2.52. The van der Waals surface area contributed by atoms with Gasteiger partial charge in [-0.05, 0) is 54.0 Å². The molecule has 1 fully saturated rings. The van der Waals surface area contributed by atoms with Crippen LogP contribution in [0, 0.1) is 0 Å². The summed E-state index contributed by atoms with van der Waals surface area (Å²) in [6, 6.07) is 0.925. The van der Waals surface area contributed by atoms with Gasteiger partial charge in [-0.1, -0.05) is 0 Å². The highest BCUT2D eigenvalue weighted by molar-refractivity contribution is 5.81. The van der Waals surface area contributed by atoms with Gasteiger partial charge in [0.05, 0.1) is 6.04 Å². The highest BCUT2D eigenvalue weighted by Crippen LogP contribution is 2.14. The number of nitrogens with zero attached hydrogens (tertiary/aromatic N) is 2. The molecule has 2 unspecified atom stereocenters. The summed E-state index contributed by atoms with van der Waals surface area (Å²) in [5.41, 5.74) is 0. The summed E-state index contributed by atoms with van der Waals surface area (Å²) in [7, 11) is 0. The SMILES string of the molecule is CCN(CC)C(=O)C(C)N(CC1CCCN1)C(C)C. The Morgan fingerprint density at radius 3 is 2.32 bits per heavy atom. The van der Waals surface area contributed by atoms with Crippen LogP contribution < -0.4 is 5.32 Å². The van der Waals surface area contributed by atoms with Crippen LogP contribution in [0.1, 0.15) is 47.5 Å². The number of carbonyl (C=O) groups excluding carboxylic acids is 1.